The van der Waals surface area contributed by atoms with Gasteiger partial charge < -0.3 is 9.72 Å². The molecule has 7 heteroatoms. The van der Waals surface area contributed by atoms with E-state index in [1.165, 1.54) is 0 Å². The van der Waals surface area contributed by atoms with Gasteiger partial charge in [-0.2, -0.15) is 0 Å². The van der Waals surface area contributed by atoms with Gasteiger partial charge in [0.1, 0.15) is 5.65 Å². The molecule has 0 radical (unpaired) electrons. The minimum absolute atomic E-state index is 0.309. The summed E-state index contributed by atoms with van der Waals surface area (Å²) in [6.07, 6.45) is 3.88. The lowest BCUT2D eigenvalue weighted by Crippen LogP contribution is -2.13. The molecule has 0 saturated heterocycles. The molecule has 0 aliphatic carbocycles. The quantitative estimate of drug-likeness (QED) is 0.509. The van der Waals surface area contributed by atoms with Gasteiger partial charge in [0.15, 0.2) is 17.5 Å². The molecule has 2 aromatic carbocycles. The first kappa shape index (κ1) is 17.8. The van der Waals surface area contributed by atoms with Crippen LogP contribution in [0.5, 0.6) is 0 Å². The average molecular weight is 381 g/mol. The van der Waals surface area contributed by atoms with Crippen molar-refractivity contribution in [3.05, 3.63) is 89.5 Å². The number of halogens is 3. The van der Waals surface area contributed by atoms with E-state index in [9.17, 15) is 18.0 Å². The Morgan fingerprint density at radius 2 is 1.64 bits per heavy atom. The number of hydrogen-bond acceptors (Lipinski definition) is 2. The first-order valence-electron chi connectivity index (χ1n) is 8.42. The maximum Gasteiger partial charge on any atom is 0.255 e. The Morgan fingerprint density at radius 3 is 2.32 bits per heavy atom. The lowest BCUT2D eigenvalue weighted by molar-refractivity contribution is 0.102. The van der Waals surface area contributed by atoms with Crippen LogP contribution in [-0.2, 0) is 0 Å². The van der Waals surface area contributed by atoms with Gasteiger partial charge in [-0.15, -0.1) is 0 Å². The molecule has 2 heterocycles. The Hall–Kier alpha value is -3.61. The Balaban J connectivity index is 1.55. The topological polar surface area (TPSA) is 46.4 Å². The fourth-order valence-electron chi connectivity index (χ4n) is 2.86. The van der Waals surface area contributed by atoms with Crippen molar-refractivity contribution in [1.82, 2.24) is 9.38 Å². The Labute approximate surface area is 158 Å². The highest BCUT2D eigenvalue weighted by atomic mass is 19.2. The minimum Gasteiger partial charge on any atom is -0.322 e. The number of anilines is 1. The number of aromatic nitrogens is 2. The van der Waals surface area contributed by atoms with E-state index >= 15 is 0 Å². The zero-order valence-corrected chi connectivity index (χ0v) is 14.7. The first-order chi connectivity index (χ1) is 13.4. The van der Waals surface area contributed by atoms with Gasteiger partial charge in [-0.05, 0) is 42.8 Å². The molecule has 28 heavy (non-hydrogen) atoms. The summed E-state index contributed by atoms with van der Waals surface area (Å²) in [6.45, 7) is 2.00. The van der Waals surface area contributed by atoms with E-state index in [2.05, 4.69) is 10.3 Å². The fourth-order valence-corrected chi connectivity index (χ4v) is 2.86. The smallest absolute Gasteiger partial charge is 0.255 e. The van der Waals surface area contributed by atoms with Gasteiger partial charge in [-0.1, -0.05) is 18.2 Å². The highest BCUT2D eigenvalue weighted by Crippen LogP contribution is 2.22. The van der Waals surface area contributed by atoms with Gasteiger partial charge in [-0.3, -0.25) is 4.79 Å². The number of nitrogens with zero attached hydrogens (tertiary/aromatic N) is 2. The highest BCUT2D eigenvalue weighted by molar-refractivity contribution is 6.04. The van der Waals surface area contributed by atoms with Gasteiger partial charge in [-0.25, -0.2) is 18.2 Å². The minimum atomic E-state index is -1.61. The molecular weight excluding hydrogens is 367 g/mol. The lowest BCUT2D eigenvalue weighted by Gasteiger charge is -2.07. The van der Waals surface area contributed by atoms with Crippen molar-refractivity contribution in [2.45, 2.75) is 6.92 Å². The van der Waals surface area contributed by atoms with E-state index in [0.29, 0.717) is 17.8 Å². The number of nitrogens with one attached hydrogen (secondary N) is 1. The molecule has 1 amide bonds. The number of amides is 1. The van der Waals surface area contributed by atoms with Crippen molar-refractivity contribution in [1.29, 1.82) is 0 Å². The molecule has 0 bridgehead atoms. The number of benzene rings is 2. The molecule has 4 rings (SSSR count). The molecule has 4 aromatic rings. The number of fused-ring (bicyclic) bond motifs is 1. The van der Waals surface area contributed by atoms with E-state index in [4.69, 9.17) is 0 Å². The third kappa shape index (κ3) is 3.34. The zero-order chi connectivity index (χ0) is 19.8. The van der Waals surface area contributed by atoms with Crippen LogP contribution in [0.15, 0.2) is 60.9 Å². The maximum atomic E-state index is 13.3. The summed E-state index contributed by atoms with van der Waals surface area (Å²) in [5.41, 5.74) is 3.67. The van der Waals surface area contributed by atoms with Crippen LogP contribution in [-0.4, -0.2) is 15.3 Å². The van der Waals surface area contributed by atoms with Crippen molar-refractivity contribution >= 4 is 17.2 Å². The van der Waals surface area contributed by atoms with Crippen molar-refractivity contribution in [3.8, 4) is 11.3 Å². The SMILES string of the molecule is Cc1ccc2nc(-c3ccc(NC(=O)c4cc(F)c(F)c(F)c4)cc3)cn2c1. The Kier molecular flexibility index (Phi) is 4.35. The van der Waals surface area contributed by atoms with Crippen molar-refractivity contribution < 1.29 is 18.0 Å². The largest absolute Gasteiger partial charge is 0.322 e. The Morgan fingerprint density at radius 1 is 0.964 bits per heavy atom. The second-order valence-electron chi connectivity index (χ2n) is 6.38. The van der Waals surface area contributed by atoms with Gasteiger partial charge in [0, 0.05) is 29.2 Å². The maximum absolute atomic E-state index is 13.3. The van der Waals surface area contributed by atoms with Crippen LogP contribution in [0.2, 0.25) is 0 Å². The normalized spacial score (nSPS) is 11.0. The number of imidazole rings is 1. The molecule has 0 atom stereocenters. The summed E-state index contributed by atoms with van der Waals surface area (Å²) in [5.74, 6) is -5.18. The second-order valence-corrected chi connectivity index (χ2v) is 6.38. The summed E-state index contributed by atoms with van der Waals surface area (Å²) in [5, 5.41) is 2.52. The van der Waals surface area contributed by atoms with Gasteiger partial charge >= 0.3 is 0 Å². The summed E-state index contributed by atoms with van der Waals surface area (Å²) in [4.78, 5) is 16.7. The third-order valence-electron chi connectivity index (χ3n) is 4.28. The van der Waals surface area contributed by atoms with Crippen LogP contribution in [0, 0.1) is 24.4 Å². The summed E-state index contributed by atoms with van der Waals surface area (Å²) in [7, 11) is 0. The zero-order valence-electron chi connectivity index (χ0n) is 14.7. The number of carbonyl (C=O) groups is 1. The summed E-state index contributed by atoms with van der Waals surface area (Å²) < 4.78 is 41.5. The molecule has 0 spiro atoms. The molecule has 4 nitrogen and oxygen atoms in total. The lowest BCUT2D eigenvalue weighted by atomic mass is 10.1. The van der Waals surface area contributed by atoms with E-state index in [1.54, 1.807) is 24.3 Å². The van der Waals surface area contributed by atoms with Crippen LogP contribution >= 0.6 is 0 Å². The number of carbonyl (C=O) groups excluding carboxylic acids is 1. The molecule has 1 N–H and O–H groups in total. The Bertz CT molecular complexity index is 1180. The molecular formula is C21H14F3N3O. The van der Waals surface area contributed by atoms with Crippen LogP contribution in [0.1, 0.15) is 15.9 Å². The number of aryl methyl sites for hydroxylation is 1. The molecule has 2 aromatic heterocycles. The number of hydrogen-bond donors (Lipinski definition) is 1. The third-order valence-corrected chi connectivity index (χ3v) is 4.28. The van der Waals surface area contributed by atoms with E-state index in [0.717, 1.165) is 22.5 Å². The van der Waals surface area contributed by atoms with Crippen LogP contribution in [0.25, 0.3) is 16.9 Å². The van der Waals surface area contributed by atoms with E-state index in [1.807, 2.05) is 35.9 Å². The number of rotatable bonds is 3. The van der Waals surface area contributed by atoms with Gasteiger partial charge in [0.25, 0.3) is 5.91 Å². The van der Waals surface area contributed by atoms with E-state index < -0.39 is 23.4 Å². The van der Waals surface area contributed by atoms with Crippen LogP contribution < -0.4 is 5.32 Å². The molecule has 140 valence electrons. The summed E-state index contributed by atoms with van der Waals surface area (Å²) >= 11 is 0. The summed E-state index contributed by atoms with van der Waals surface area (Å²) in [6, 6.07) is 12.1. The van der Waals surface area contributed by atoms with Crippen molar-refractivity contribution in [2.24, 2.45) is 0 Å². The average Bonchev–Trinajstić information content (AvgIpc) is 3.09. The predicted molar refractivity (Wildman–Crippen MR) is 99.6 cm³/mol. The molecule has 0 aliphatic heterocycles. The van der Waals surface area contributed by atoms with Gasteiger partial charge in [0.05, 0.1) is 5.69 Å². The van der Waals surface area contributed by atoms with E-state index in [-0.39, 0.29) is 5.56 Å². The monoisotopic (exact) mass is 381 g/mol. The highest BCUT2D eigenvalue weighted by Gasteiger charge is 2.15. The van der Waals surface area contributed by atoms with Crippen LogP contribution in [0.4, 0.5) is 18.9 Å². The molecule has 0 unspecified atom stereocenters. The molecule has 0 fully saturated rings. The molecule has 0 saturated carbocycles. The number of pyridine rings is 1. The predicted octanol–water partition coefficient (Wildman–Crippen LogP) is 4.98. The van der Waals surface area contributed by atoms with Crippen molar-refractivity contribution in [3.63, 3.8) is 0 Å². The second kappa shape index (κ2) is 6.84. The standard InChI is InChI=1S/C21H14F3N3O/c1-12-2-7-19-26-18(11-27(19)10-12)13-3-5-15(6-4-13)25-21(28)14-8-16(22)20(24)17(23)9-14/h2-11H,1H3,(H,25,28). The van der Waals surface area contributed by atoms with Crippen molar-refractivity contribution in [2.75, 3.05) is 5.32 Å². The van der Waals surface area contributed by atoms with Gasteiger partial charge in [0.2, 0.25) is 0 Å². The fraction of sp³-hybridized carbons (Fsp3) is 0.0476. The molecule has 0 aliphatic rings. The van der Waals surface area contributed by atoms with Crippen LogP contribution in [0.3, 0.4) is 0 Å². The first-order valence-corrected chi connectivity index (χ1v) is 8.42.